The molecule has 1 atom stereocenters. The van der Waals surface area contributed by atoms with Crippen LogP contribution in [-0.2, 0) is 0 Å². The largest absolute Gasteiger partial charge is 0.493 e. The van der Waals surface area contributed by atoms with Crippen molar-refractivity contribution in [3.05, 3.63) is 29.4 Å². The third kappa shape index (κ3) is 3.53. The fourth-order valence-electron chi connectivity index (χ4n) is 2.04. The maximum absolute atomic E-state index is 12.4. The van der Waals surface area contributed by atoms with Gasteiger partial charge in [-0.3, -0.25) is 4.79 Å². The lowest BCUT2D eigenvalue weighted by molar-refractivity contribution is 0.0931. The van der Waals surface area contributed by atoms with Gasteiger partial charge in [-0.2, -0.15) is 4.98 Å². The molecule has 1 aromatic carbocycles. The number of methoxy groups -OCH3 is 3. The molecule has 23 heavy (non-hydrogen) atoms. The minimum atomic E-state index is -0.428. The van der Waals surface area contributed by atoms with Crippen LogP contribution in [0.25, 0.3) is 0 Å². The first-order valence-electron chi connectivity index (χ1n) is 6.91. The Bertz CT molecular complexity index is 673. The van der Waals surface area contributed by atoms with Crippen molar-refractivity contribution in [2.75, 3.05) is 21.3 Å². The molecule has 0 fully saturated rings. The van der Waals surface area contributed by atoms with Crippen LogP contribution in [0.3, 0.4) is 0 Å². The highest BCUT2D eigenvalue weighted by Gasteiger charge is 2.20. The Morgan fingerprint density at radius 2 is 1.78 bits per heavy atom. The van der Waals surface area contributed by atoms with Crippen molar-refractivity contribution in [3.63, 3.8) is 0 Å². The van der Waals surface area contributed by atoms with E-state index in [0.29, 0.717) is 34.5 Å². The van der Waals surface area contributed by atoms with Gasteiger partial charge in [-0.25, -0.2) is 0 Å². The topological polar surface area (TPSA) is 95.7 Å². The molecule has 1 N–H and O–H groups in total. The van der Waals surface area contributed by atoms with Crippen molar-refractivity contribution in [3.8, 4) is 17.2 Å². The van der Waals surface area contributed by atoms with Crippen LogP contribution in [0.15, 0.2) is 16.7 Å². The Morgan fingerprint density at radius 1 is 1.17 bits per heavy atom. The lowest BCUT2D eigenvalue weighted by atomic mass is 10.1. The average Bonchev–Trinajstić information content (AvgIpc) is 2.99. The molecule has 1 heterocycles. The van der Waals surface area contributed by atoms with Gasteiger partial charge in [0.15, 0.2) is 17.3 Å². The molecule has 0 aliphatic heterocycles. The molecule has 1 amide bonds. The maximum atomic E-state index is 12.4. The molecule has 0 aliphatic rings. The fourth-order valence-corrected chi connectivity index (χ4v) is 2.04. The molecule has 8 heteroatoms. The third-order valence-corrected chi connectivity index (χ3v) is 3.19. The number of amides is 1. The molecular formula is C15H19N3O5. The Labute approximate surface area is 133 Å². The number of nitrogens with zero attached hydrogens (tertiary/aromatic N) is 2. The summed E-state index contributed by atoms with van der Waals surface area (Å²) in [6.07, 6.45) is 0. The first-order valence-corrected chi connectivity index (χ1v) is 6.91. The number of hydrogen-bond acceptors (Lipinski definition) is 7. The minimum absolute atomic E-state index is 0.326. The van der Waals surface area contributed by atoms with Crippen molar-refractivity contribution in [1.82, 2.24) is 15.5 Å². The number of nitrogens with one attached hydrogen (secondary N) is 1. The highest BCUT2D eigenvalue weighted by atomic mass is 16.5. The molecule has 2 aromatic rings. The van der Waals surface area contributed by atoms with E-state index < -0.39 is 6.04 Å². The van der Waals surface area contributed by atoms with E-state index in [9.17, 15) is 4.79 Å². The van der Waals surface area contributed by atoms with Gasteiger partial charge in [0, 0.05) is 5.56 Å². The fraction of sp³-hybridized carbons (Fsp3) is 0.400. The Morgan fingerprint density at radius 3 is 2.22 bits per heavy atom. The lowest BCUT2D eigenvalue weighted by Gasteiger charge is -2.15. The average molecular weight is 321 g/mol. The first-order chi connectivity index (χ1) is 11.0. The van der Waals surface area contributed by atoms with Crippen LogP contribution in [0.2, 0.25) is 0 Å². The molecule has 0 saturated heterocycles. The number of rotatable bonds is 6. The van der Waals surface area contributed by atoms with E-state index in [0.717, 1.165) is 0 Å². The van der Waals surface area contributed by atoms with E-state index in [1.165, 1.54) is 21.3 Å². The van der Waals surface area contributed by atoms with Crippen LogP contribution >= 0.6 is 0 Å². The van der Waals surface area contributed by atoms with Gasteiger partial charge in [0.1, 0.15) is 6.04 Å². The monoisotopic (exact) mass is 321 g/mol. The van der Waals surface area contributed by atoms with Crippen molar-refractivity contribution >= 4 is 5.91 Å². The Balaban J connectivity index is 2.25. The molecule has 124 valence electrons. The highest BCUT2D eigenvalue weighted by Crippen LogP contribution is 2.38. The SMILES string of the molecule is COc1cc(C(=O)NC(C)c2nc(C)no2)cc(OC)c1OC. The van der Waals surface area contributed by atoms with E-state index in [4.69, 9.17) is 18.7 Å². The molecule has 1 aromatic heterocycles. The van der Waals surface area contributed by atoms with Gasteiger partial charge in [0.05, 0.1) is 21.3 Å². The summed E-state index contributed by atoms with van der Waals surface area (Å²) in [5.74, 6) is 1.74. The van der Waals surface area contributed by atoms with E-state index in [-0.39, 0.29) is 5.91 Å². The van der Waals surface area contributed by atoms with E-state index in [1.54, 1.807) is 26.0 Å². The van der Waals surface area contributed by atoms with Gasteiger partial charge < -0.3 is 24.1 Å². The zero-order valence-corrected chi connectivity index (χ0v) is 13.7. The predicted octanol–water partition coefficient (Wildman–Crippen LogP) is 1.89. The Hall–Kier alpha value is -2.77. The second-order valence-electron chi connectivity index (χ2n) is 4.79. The van der Waals surface area contributed by atoms with Crippen LogP contribution in [-0.4, -0.2) is 37.4 Å². The maximum Gasteiger partial charge on any atom is 0.252 e. The normalized spacial score (nSPS) is 11.7. The minimum Gasteiger partial charge on any atom is -0.493 e. The van der Waals surface area contributed by atoms with Gasteiger partial charge in [-0.05, 0) is 26.0 Å². The number of hydrogen-bond donors (Lipinski definition) is 1. The zero-order valence-electron chi connectivity index (χ0n) is 13.7. The summed E-state index contributed by atoms with van der Waals surface area (Å²) in [5, 5.41) is 6.48. The molecule has 0 bridgehead atoms. The molecule has 0 saturated carbocycles. The summed E-state index contributed by atoms with van der Waals surface area (Å²) < 4.78 is 20.7. The zero-order chi connectivity index (χ0) is 17.0. The van der Waals surface area contributed by atoms with Crippen molar-refractivity contribution in [1.29, 1.82) is 0 Å². The molecule has 1 unspecified atom stereocenters. The smallest absolute Gasteiger partial charge is 0.252 e. The molecule has 8 nitrogen and oxygen atoms in total. The second kappa shape index (κ2) is 6.99. The van der Waals surface area contributed by atoms with Crippen LogP contribution in [0.4, 0.5) is 0 Å². The first kappa shape index (κ1) is 16.6. The standard InChI is InChI=1S/C15H19N3O5/c1-8(15-17-9(2)18-23-15)16-14(19)10-6-11(20-3)13(22-5)12(7-10)21-4/h6-8H,1-5H3,(H,16,19). The van der Waals surface area contributed by atoms with E-state index >= 15 is 0 Å². The molecule has 0 spiro atoms. The number of aromatic nitrogens is 2. The number of ether oxygens (including phenoxy) is 3. The number of carbonyl (C=O) groups excluding carboxylic acids is 1. The number of carbonyl (C=O) groups is 1. The summed E-state index contributed by atoms with van der Waals surface area (Å²) in [6.45, 7) is 3.46. The third-order valence-electron chi connectivity index (χ3n) is 3.19. The molecule has 0 radical (unpaired) electrons. The van der Waals surface area contributed by atoms with Crippen molar-refractivity contribution in [2.45, 2.75) is 19.9 Å². The highest BCUT2D eigenvalue weighted by molar-refractivity contribution is 5.95. The number of aryl methyl sites for hydroxylation is 1. The molecular weight excluding hydrogens is 302 g/mol. The van der Waals surface area contributed by atoms with Crippen molar-refractivity contribution in [2.24, 2.45) is 0 Å². The Kier molecular flexibility index (Phi) is 5.05. The van der Waals surface area contributed by atoms with Crippen LogP contribution in [0, 0.1) is 6.92 Å². The lowest BCUT2D eigenvalue weighted by Crippen LogP contribution is -2.27. The van der Waals surface area contributed by atoms with Gasteiger partial charge in [0.25, 0.3) is 5.91 Å². The molecule has 2 rings (SSSR count). The summed E-state index contributed by atoms with van der Waals surface area (Å²) in [7, 11) is 4.48. The van der Waals surface area contributed by atoms with Crippen molar-refractivity contribution < 1.29 is 23.5 Å². The summed E-state index contributed by atoms with van der Waals surface area (Å²) in [6, 6.07) is 2.72. The summed E-state index contributed by atoms with van der Waals surface area (Å²) in [4.78, 5) is 16.5. The quantitative estimate of drug-likeness (QED) is 0.868. The van der Waals surface area contributed by atoms with E-state index in [2.05, 4.69) is 15.5 Å². The molecule has 0 aliphatic carbocycles. The second-order valence-corrected chi connectivity index (χ2v) is 4.79. The van der Waals surface area contributed by atoms with Crippen LogP contribution in [0.1, 0.15) is 35.0 Å². The van der Waals surface area contributed by atoms with Gasteiger partial charge in [0.2, 0.25) is 11.6 Å². The summed E-state index contributed by atoms with van der Waals surface area (Å²) >= 11 is 0. The van der Waals surface area contributed by atoms with E-state index in [1.807, 2.05) is 0 Å². The van der Waals surface area contributed by atoms with Crippen LogP contribution in [0.5, 0.6) is 17.2 Å². The van der Waals surface area contributed by atoms with Gasteiger partial charge >= 0.3 is 0 Å². The predicted molar refractivity (Wildman–Crippen MR) is 81.0 cm³/mol. The number of benzene rings is 1. The van der Waals surface area contributed by atoms with Crippen LogP contribution < -0.4 is 19.5 Å². The summed E-state index contributed by atoms with van der Waals surface area (Å²) in [5.41, 5.74) is 0.364. The van der Waals surface area contributed by atoms with Gasteiger partial charge in [-0.15, -0.1) is 0 Å². The van der Waals surface area contributed by atoms with Gasteiger partial charge in [-0.1, -0.05) is 5.16 Å².